The summed E-state index contributed by atoms with van der Waals surface area (Å²) in [6, 6.07) is 5.61. The van der Waals surface area contributed by atoms with Crippen molar-refractivity contribution in [1.82, 2.24) is 24.3 Å². The van der Waals surface area contributed by atoms with Crippen molar-refractivity contribution in [2.75, 3.05) is 7.11 Å². The van der Waals surface area contributed by atoms with Crippen LogP contribution in [0, 0.1) is 0 Å². The topological polar surface area (TPSA) is 78.0 Å². The molecule has 23 heavy (non-hydrogen) atoms. The summed E-state index contributed by atoms with van der Waals surface area (Å²) in [4.78, 5) is 4.31. The highest BCUT2D eigenvalue weighted by atomic mass is 35.5. The van der Waals surface area contributed by atoms with Crippen molar-refractivity contribution >= 4 is 11.6 Å². The van der Waals surface area contributed by atoms with Crippen molar-refractivity contribution in [1.29, 1.82) is 0 Å². The van der Waals surface area contributed by atoms with Crippen molar-refractivity contribution in [3.05, 3.63) is 46.8 Å². The molecule has 1 N–H and O–H groups in total. The molecule has 4 rings (SSSR count). The number of halogens is 1. The first-order valence-electron chi connectivity index (χ1n) is 7.10. The van der Waals surface area contributed by atoms with Crippen LogP contribution in [0.15, 0.2) is 24.5 Å². The molecule has 1 aliphatic heterocycles. The van der Waals surface area contributed by atoms with Crippen LogP contribution in [-0.4, -0.2) is 36.5 Å². The van der Waals surface area contributed by atoms with Crippen molar-refractivity contribution in [3.8, 4) is 17.1 Å². The Morgan fingerprint density at radius 2 is 2.22 bits per heavy atom. The summed E-state index contributed by atoms with van der Waals surface area (Å²) in [7, 11) is 1.62. The molecule has 2 aromatic heterocycles. The van der Waals surface area contributed by atoms with E-state index in [1.165, 1.54) is 0 Å². The summed E-state index contributed by atoms with van der Waals surface area (Å²) in [5, 5.41) is 18.7. The van der Waals surface area contributed by atoms with E-state index < -0.39 is 0 Å². The third-order valence-corrected chi connectivity index (χ3v) is 4.21. The van der Waals surface area contributed by atoms with Crippen molar-refractivity contribution in [2.24, 2.45) is 0 Å². The molecule has 0 bridgehead atoms. The summed E-state index contributed by atoms with van der Waals surface area (Å²) in [5.41, 5.74) is 3.31. The number of methoxy groups -OCH3 is 1. The molecule has 1 aromatic carbocycles. The molecule has 3 aromatic rings. The smallest absolute Gasteiger partial charge is 0.166 e. The summed E-state index contributed by atoms with van der Waals surface area (Å²) < 4.78 is 9.14. The minimum atomic E-state index is -0.123. The molecule has 0 aliphatic carbocycles. The number of aromatic nitrogens is 5. The molecule has 0 saturated carbocycles. The maximum atomic E-state index is 9.58. The van der Waals surface area contributed by atoms with Gasteiger partial charge in [-0.1, -0.05) is 11.6 Å². The Hall–Kier alpha value is -2.22. The van der Waals surface area contributed by atoms with Gasteiger partial charge in [-0.25, -0.2) is 4.98 Å². The number of hydrogen-bond donors (Lipinski definition) is 1. The summed E-state index contributed by atoms with van der Waals surface area (Å²) in [6.07, 6.45) is 1.71. The Kier molecular flexibility index (Phi) is 3.41. The standard InChI is InChI=1S/C15H14ClN5O2/c1-23-7-14-18-19-15-10-4-9(16)2-3-12(10)21-8-17-11(6-22)13(21)5-20(14)15/h2-4,8,22H,5-7H2,1H3. The molecule has 0 fully saturated rings. The highest BCUT2D eigenvalue weighted by Gasteiger charge is 2.25. The van der Waals surface area contributed by atoms with Gasteiger partial charge in [-0.3, -0.25) is 0 Å². The molecule has 0 saturated heterocycles. The van der Waals surface area contributed by atoms with Gasteiger partial charge in [-0.2, -0.15) is 0 Å². The molecule has 0 amide bonds. The fourth-order valence-electron chi connectivity index (χ4n) is 2.90. The molecule has 3 heterocycles. The van der Waals surface area contributed by atoms with Crippen LogP contribution in [0.1, 0.15) is 17.2 Å². The quantitative estimate of drug-likeness (QED) is 0.619. The van der Waals surface area contributed by atoms with Crippen LogP contribution in [0.25, 0.3) is 17.1 Å². The first-order chi connectivity index (χ1) is 11.2. The fraction of sp³-hybridized carbons (Fsp3) is 0.267. The molecule has 7 nitrogen and oxygen atoms in total. The Balaban J connectivity index is 2.03. The van der Waals surface area contributed by atoms with Crippen LogP contribution in [-0.2, 0) is 24.5 Å². The molecule has 0 atom stereocenters. The number of nitrogens with zero attached hydrogens (tertiary/aromatic N) is 5. The second-order valence-corrected chi connectivity index (χ2v) is 5.72. The number of rotatable bonds is 3. The maximum absolute atomic E-state index is 9.58. The normalized spacial score (nSPS) is 12.5. The second-order valence-electron chi connectivity index (χ2n) is 5.29. The van der Waals surface area contributed by atoms with E-state index in [0.29, 0.717) is 29.7 Å². The van der Waals surface area contributed by atoms with Crippen LogP contribution >= 0.6 is 11.6 Å². The number of imidazole rings is 1. The van der Waals surface area contributed by atoms with Gasteiger partial charge in [0.15, 0.2) is 11.6 Å². The van der Waals surface area contributed by atoms with E-state index in [4.69, 9.17) is 16.3 Å². The molecule has 0 spiro atoms. The van der Waals surface area contributed by atoms with Crippen molar-refractivity contribution in [2.45, 2.75) is 19.8 Å². The van der Waals surface area contributed by atoms with Crippen LogP contribution in [0.3, 0.4) is 0 Å². The lowest BCUT2D eigenvalue weighted by Gasteiger charge is -2.08. The average molecular weight is 332 g/mol. The lowest BCUT2D eigenvalue weighted by Crippen LogP contribution is -2.09. The molecule has 1 aliphatic rings. The predicted molar refractivity (Wildman–Crippen MR) is 83.3 cm³/mol. The molecule has 8 heteroatoms. The van der Waals surface area contributed by atoms with Crippen LogP contribution in [0.5, 0.6) is 0 Å². The zero-order valence-electron chi connectivity index (χ0n) is 12.4. The predicted octanol–water partition coefficient (Wildman–Crippen LogP) is 1.78. The molecular weight excluding hydrogens is 318 g/mol. The van der Waals surface area contributed by atoms with Crippen molar-refractivity contribution < 1.29 is 9.84 Å². The SMILES string of the molecule is COCc1nnc2n1Cc1c(CO)ncn1-c1ccc(Cl)cc1-2. The van der Waals surface area contributed by atoms with E-state index in [1.807, 2.05) is 27.3 Å². The molecule has 118 valence electrons. The zero-order valence-corrected chi connectivity index (χ0v) is 13.2. The van der Waals surface area contributed by atoms with E-state index in [2.05, 4.69) is 15.2 Å². The Morgan fingerprint density at radius 1 is 1.35 bits per heavy atom. The number of aliphatic hydroxyl groups is 1. The fourth-order valence-corrected chi connectivity index (χ4v) is 3.07. The first-order valence-corrected chi connectivity index (χ1v) is 7.48. The van der Waals surface area contributed by atoms with Crippen LogP contribution < -0.4 is 0 Å². The van der Waals surface area contributed by atoms with Gasteiger partial charge < -0.3 is 19.0 Å². The third-order valence-electron chi connectivity index (χ3n) is 3.97. The summed E-state index contributed by atoms with van der Waals surface area (Å²) in [6.45, 7) is 0.733. The van der Waals surface area contributed by atoms with Gasteiger partial charge in [0, 0.05) is 17.7 Å². The number of ether oxygens (including phenoxy) is 1. The van der Waals surface area contributed by atoms with E-state index in [1.54, 1.807) is 13.4 Å². The highest BCUT2D eigenvalue weighted by Crippen LogP contribution is 2.34. The van der Waals surface area contributed by atoms with Gasteiger partial charge in [0.1, 0.15) is 6.61 Å². The number of benzene rings is 1. The van der Waals surface area contributed by atoms with Gasteiger partial charge in [0.25, 0.3) is 0 Å². The monoisotopic (exact) mass is 331 g/mol. The summed E-state index contributed by atoms with van der Waals surface area (Å²) >= 11 is 6.18. The lowest BCUT2D eigenvalue weighted by molar-refractivity contribution is 0.174. The number of aliphatic hydroxyl groups excluding tert-OH is 1. The minimum Gasteiger partial charge on any atom is -0.390 e. The lowest BCUT2D eigenvalue weighted by atomic mass is 10.1. The first kappa shape index (κ1) is 14.4. The number of hydrogen-bond acceptors (Lipinski definition) is 5. The van der Waals surface area contributed by atoms with Gasteiger partial charge in [-0.05, 0) is 18.2 Å². The number of fused-ring (bicyclic) bond motifs is 5. The molecule has 0 radical (unpaired) electrons. The van der Waals surface area contributed by atoms with E-state index in [9.17, 15) is 5.11 Å². The molecular formula is C15H14ClN5O2. The van der Waals surface area contributed by atoms with Crippen molar-refractivity contribution in [3.63, 3.8) is 0 Å². The van der Waals surface area contributed by atoms with Gasteiger partial charge in [0.2, 0.25) is 0 Å². The van der Waals surface area contributed by atoms with Crippen LogP contribution in [0.2, 0.25) is 5.02 Å². The Labute approximate surface area is 137 Å². The van der Waals surface area contributed by atoms with Gasteiger partial charge in [-0.15, -0.1) is 10.2 Å². The average Bonchev–Trinajstić information content (AvgIpc) is 3.10. The largest absolute Gasteiger partial charge is 0.390 e. The van der Waals surface area contributed by atoms with E-state index in [0.717, 1.165) is 22.8 Å². The van der Waals surface area contributed by atoms with Gasteiger partial charge >= 0.3 is 0 Å². The maximum Gasteiger partial charge on any atom is 0.166 e. The molecule has 0 unspecified atom stereocenters. The third kappa shape index (κ3) is 2.16. The Morgan fingerprint density at radius 3 is 3.00 bits per heavy atom. The van der Waals surface area contributed by atoms with Crippen LogP contribution in [0.4, 0.5) is 0 Å². The van der Waals surface area contributed by atoms with E-state index in [-0.39, 0.29) is 6.61 Å². The van der Waals surface area contributed by atoms with E-state index >= 15 is 0 Å². The second kappa shape index (κ2) is 5.45. The van der Waals surface area contributed by atoms with Gasteiger partial charge in [0.05, 0.1) is 36.6 Å². The Bertz CT molecular complexity index is 886. The zero-order chi connectivity index (χ0) is 16.0. The highest BCUT2D eigenvalue weighted by molar-refractivity contribution is 6.31. The summed E-state index contributed by atoms with van der Waals surface area (Å²) in [5.74, 6) is 1.44. The minimum absolute atomic E-state index is 0.123.